The molecule has 8 heteroatoms. The van der Waals surface area contributed by atoms with Crippen LogP contribution in [0.5, 0.6) is 5.75 Å². The van der Waals surface area contributed by atoms with Gasteiger partial charge in [-0.2, -0.15) is 5.10 Å². The number of halogens is 2. The Labute approximate surface area is 196 Å². The van der Waals surface area contributed by atoms with Gasteiger partial charge in [-0.05, 0) is 69.9 Å². The molecule has 2 N–H and O–H groups in total. The Balaban J connectivity index is 0.00000420. The molecule has 0 radical (unpaired) electrons. The van der Waals surface area contributed by atoms with Crippen LogP contribution in [0.1, 0.15) is 35.9 Å². The quantitative estimate of drug-likeness (QED) is 0.231. The van der Waals surface area contributed by atoms with Crippen LogP contribution in [-0.4, -0.2) is 42.0 Å². The van der Waals surface area contributed by atoms with Gasteiger partial charge in [0.15, 0.2) is 5.96 Å². The number of guanidine groups is 1. The normalized spacial score (nSPS) is 12.3. The second kappa shape index (κ2) is 12.3. The van der Waals surface area contributed by atoms with E-state index >= 15 is 0 Å². The number of ether oxygens (including phenoxy) is 1. The van der Waals surface area contributed by atoms with Crippen LogP contribution in [0.4, 0.5) is 0 Å². The summed E-state index contributed by atoms with van der Waals surface area (Å²) in [5.74, 6) is 1.68. The Morgan fingerprint density at radius 1 is 1.31 bits per heavy atom. The summed E-state index contributed by atoms with van der Waals surface area (Å²) in [4.78, 5) is 4.32. The van der Waals surface area contributed by atoms with Crippen molar-refractivity contribution in [3.63, 3.8) is 0 Å². The summed E-state index contributed by atoms with van der Waals surface area (Å²) < 4.78 is 7.77. The fourth-order valence-electron chi connectivity index (χ4n) is 3.13. The average molecular weight is 534 g/mol. The van der Waals surface area contributed by atoms with Crippen molar-refractivity contribution in [3.05, 3.63) is 45.7 Å². The minimum atomic E-state index is 0. The van der Waals surface area contributed by atoms with Crippen LogP contribution in [0.25, 0.3) is 0 Å². The average Bonchev–Trinajstić information content (AvgIpc) is 2.88. The van der Waals surface area contributed by atoms with Gasteiger partial charge in [0.25, 0.3) is 0 Å². The minimum Gasteiger partial charge on any atom is -0.493 e. The van der Waals surface area contributed by atoms with Gasteiger partial charge in [0.2, 0.25) is 0 Å². The molecule has 0 fully saturated rings. The van der Waals surface area contributed by atoms with E-state index in [2.05, 4.69) is 41.5 Å². The molecule has 0 saturated heterocycles. The van der Waals surface area contributed by atoms with Crippen molar-refractivity contribution in [3.8, 4) is 5.75 Å². The predicted molar refractivity (Wildman–Crippen MR) is 132 cm³/mol. The molecule has 2 aromatic rings. The van der Waals surface area contributed by atoms with Gasteiger partial charge in [0.05, 0.1) is 12.3 Å². The van der Waals surface area contributed by atoms with E-state index in [9.17, 15) is 0 Å². The number of rotatable bonds is 8. The van der Waals surface area contributed by atoms with Crippen molar-refractivity contribution in [1.29, 1.82) is 0 Å². The molecule has 2 rings (SSSR count). The lowest BCUT2D eigenvalue weighted by atomic mass is 10.1. The maximum atomic E-state index is 5.97. The molecule has 1 aromatic heterocycles. The highest BCUT2D eigenvalue weighted by atomic mass is 127. The first-order valence-electron chi connectivity index (χ1n) is 9.67. The maximum Gasteiger partial charge on any atom is 0.191 e. The van der Waals surface area contributed by atoms with Gasteiger partial charge in [0, 0.05) is 37.4 Å². The summed E-state index contributed by atoms with van der Waals surface area (Å²) in [7, 11) is 3.77. The Bertz CT molecular complexity index is 822. The fourth-order valence-corrected chi connectivity index (χ4v) is 3.36. The molecule has 1 aromatic carbocycles. The van der Waals surface area contributed by atoms with Crippen molar-refractivity contribution < 1.29 is 4.74 Å². The molecule has 1 heterocycles. The van der Waals surface area contributed by atoms with Gasteiger partial charge in [-0.25, -0.2) is 0 Å². The van der Waals surface area contributed by atoms with Crippen LogP contribution in [0, 0.1) is 20.8 Å². The molecule has 0 aliphatic carbocycles. The summed E-state index contributed by atoms with van der Waals surface area (Å²) >= 11 is 5.97. The number of benzene rings is 1. The van der Waals surface area contributed by atoms with Gasteiger partial charge in [-0.15, -0.1) is 24.0 Å². The van der Waals surface area contributed by atoms with E-state index in [1.165, 1.54) is 11.3 Å². The van der Waals surface area contributed by atoms with Crippen molar-refractivity contribution >= 4 is 41.5 Å². The van der Waals surface area contributed by atoms with E-state index in [0.29, 0.717) is 6.61 Å². The van der Waals surface area contributed by atoms with E-state index < -0.39 is 0 Å². The molecule has 0 amide bonds. The third kappa shape index (κ3) is 7.70. The summed E-state index contributed by atoms with van der Waals surface area (Å²) in [5, 5.41) is 12.0. The number of aromatic nitrogens is 2. The molecule has 0 aliphatic heterocycles. The lowest BCUT2D eigenvalue weighted by Crippen LogP contribution is -2.43. The van der Waals surface area contributed by atoms with Crippen molar-refractivity contribution in [2.24, 2.45) is 12.0 Å². The molecule has 0 bridgehead atoms. The zero-order valence-corrected chi connectivity index (χ0v) is 21.3. The highest BCUT2D eigenvalue weighted by molar-refractivity contribution is 14.0. The molecule has 162 valence electrons. The van der Waals surface area contributed by atoms with E-state index in [4.69, 9.17) is 16.3 Å². The first kappa shape index (κ1) is 25.6. The van der Waals surface area contributed by atoms with Crippen molar-refractivity contribution in [2.45, 2.75) is 46.6 Å². The maximum absolute atomic E-state index is 5.97. The van der Waals surface area contributed by atoms with Gasteiger partial charge >= 0.3 is 0 Å². The lowest BCUT2D eigenvalue weighted by Gasteiger charge is -2.18. The van der Waals surface area contributed by atoms with Crippen LogP contribution in [0.15, 0.2) is 23.2 Å². The minimum absolute atomic E-state index is 0. The second-order valence-electron chi connectivity index (χ2n) is 7.13. The number of aliphatic imine (C=N–C) groups is 1. The standard InChI is InChI=1S/C21H32ClN5O.HI/c1-14-12-18(22)8-9-20(14)28-11-7-10-24-21(23-5)25-15(2)13-19-16(3)26-27(6)17(19)4;/h8-9,12,15H,7,10-11,13H2,1-6H3,(H2,23,24,25);1H. The Morgan fingerprint density at radius 3 is 2.62 bits per heavy atom. The summed E-state index contributed by atoms with van der Waals surface area (Å²) in [6, 6.07) is 5.92. The second-order valence-corrected chi connectivity index (χ2v) is 7.57. The van der Waals surface area contributed by atoms with Crippen LogP contribution in [0.3, 0.4) is 0 Å². The molecular formula is C21H33ClIN5O. The van der Waals surface area contributed by atoms with Crippen molar-refractivity contribution in [2.75, 3.05) is 20.2 Å². The van der Waals surface area contributed by atoms with Gasteiger partial charge < -0.3 is 15.4 Å². The van der Waals surface area contributed by atoms with E-state index in [1.807, 2.05) is 36.9 Å². The smallest absolute Gasteiger partial charge is 0.191 e. The molecule has 1 unspecified atom stereocenters. The highest BCUT2D eigenvalue weighted by Gasteiger charge is 2.13. The summed E-state index contributed by atoms with van der Waals surface area (Å²) in [5.41, 5.74) is 4.65. The Hall–Kier alpha value is -1.48. The number of nitrogens with zero attached hydrogens (tertiary/aromatic N) is 3. The van der Waals surface area contributed by atoms with Crippen LogP contribution < -0.4 is 15.4 Å². The van der Waals surface area contributed by atoms with Gasteiger partial charge in [-0.3, -0.25) is 9.67 Å². The zero-order chi connectivity index (χ0) is 20.7. The molecule has 0 spiro atoms. The number of aryl methyl sites for hydroxylation is 3. The highest BCUT2D eigenvalue weighted by Crippen LogP contribution is 2.21. The van der Waals surface area contributed by atoms with Crippen LogP contribution in [-0.2, 0) is 13.5 Å². The number of nitrogens with one attached hydrogen (secondary N) is 2. The topological polar surface area (TPSA) is 63.5 Å². The SMILES string of the molecule is CN=C(NCCCOc1ccc(Cl)cc1C)NC(C)Cc1c(C)nn(C)c1C.I. The Morgan fingerprint density at radius 2 is 2.03 bits per heavy atom. The number of hydrogen-bond donors (Lipinski definition) is 2. The lowest BCUT2D eigenvalue weighted by molar-refractivity contribution is 0.309. The molecule has 0 aliphatic rings. The van der Waals surface area contributed by atoms with Crippen LogP contribution in [0.2, 0.25) is 5.02 Å². The molecule has 0 saturated carbocycles. The molecule has 6 nitrogen and oxygen atoms in total. The summed E-state index contributed by atoms with van der Waals surface area (Å²) in [6.45, 7) is 9.74. The molecule has 1 atom stereocenters. The predicted octanol–water partition coefficient (Wildman–Crippen LogP) is 4.18. The third-order valence-electron chi connectivity index (χ3n) is 4.78. The van der Waals surface area contributed by atoms with Gasteiger partial charge in [-0.1, -0.05) is 11.6 Å². The van der Waals surface area contributed by atoms with Crippen LogP contribution >= 0.6 is 35.6 Å². The number of hydrogen-bond acceptors (Lipinski definition) is 3. The van der Waals surface area contributed by atoms with E-state index in [-0.39, 0.29) is 30.0 Å². The summed E-state index contributed by atoms with van der Waals surface area (Å²) in [6.07, 6.45) is 1.78. The Kier molecular flexibility index (Phi) is 10.8. The molecular weight excluding hydrogens is 501 g/mol. The fraction of sp³-hybridized carbons (Fsp3) is 0.524. The van der Waals surface area contributed by atoms with E-state index in [0.717, 1.165) is 47.4 Å². The van der Waals surface area contributed by atoms with E-state index in [1.54, 1.807) is 7.05 Å². The first-order valence-corrected chi connectivity index (χ1v) is 10.0. The van der Waals surface area contributed by atoms with Crippen molar-refractivity contribution in [1.82, 2.24) is 20.4 Å². The molecule has 29 heavy (non-hydrogen) atoms. The first-order chi connectivity index (χ1) is 13.3. The monoisotopic (exact) mass is 533 g/mol. The largest absolute Gasteiger partial charge is 0.493 e. The third-order valence-corrected chi connectivity index (χ3v) is 5.02. The zero-order valence-electron chi connectivity index (χ0n) is 18.2. The van der Waals surface area contributed by atoms with Gasteiger partial charge in [0.1, 0.15) is 5.75 Å².